The second-order valence-electron chi connectivity index (χ2n) is 4.58. The van der Waals surface area contributed by atoms with Gasteiger partial charge in [0.2, 0.25) is 0 Å². The third kappa shape index (κ3) is 3.48. The van der Waals surface area contributed by atoms with Gasteiger partial charge in [-0.25, -0.2) is 8.78 Å². The van der Waals surface area contributed by atoms with E-state index in [9.17, 15) is 8.78 Å². The van der Waals surface area contributed by atoms with Crippen molar-refractivity contribution in [1.29, 1.82) is 0 Å². The van der Waals surface area contributed by atoms with E-state index < -0.39 is 11.6 Å². The lowest BCUT2D eigenvalue weighted by molar-refractivity contribution is 0.0125. The fourth-order valence-electron chi connectivity index (χ4n) is 2.10. The maximum atomic E-state index is 13.3. The minimum atomic E-state index is -0.560. The second kappa shape index (κ2) is 5.56. The van der Waals surface area contributed by atoms with E-state index in [2.05, 4.69) is 0 Å². The summed E-state index contributed by atoms with van der Waals surface area (Å²) in [4.78, 5) is 0. The van der Waals surface area contributed by atoms with Gasteiger partial charge in [0.15, 0.2) is 0 Å². The molecule has 1 aromatic carbocycles. The smallest absolute Gasteiger partial charge is 0.131 e. The lowest BCUT2D eigenvalue weighted by atomic mass is 9.94. The largest absolute Gasteiger partial charge is 0.373 e. The van der Waals surface area contributed by atoms with Crippen molar-refractivity contribution in [3.05, 3.63) is 35.4 Å². The van der Waals surface area contributed by atoms with Gasteiger partial charge < -0.3 is 10.5 Å². The number of hydrogen-bond acceptors (Lipinski definition) is 2. The zero-order valence-electron chi connectivity index (χ0n) is 9.66. The van der Waals surface area contributed by atoms with Crippen LogP contribution >= 0.6 is 0 Å². The van der Waals surface area contributed by atoms with Crippen molar-refractivity contribution < 1.29 is 13.5 Å². The van der Waals surface area contributed by atoms with Gasteiger partial charge in [0.05, 0.1) is 12.7 Å². The van der Waals surface area contributed by atoms with Crippen LogP contribution < -0.4 is 5.73 Å². The molecular formula is C13H17F2NO. The van der Waals surface area contributed by atoms with Crippen LogP contribution in [0.4, 0.5) is 8.78 Å². The maximum Gasteiger partial charge on any atom is 0.131 e. The Hall–Kier alpha value is -1.00. The molecule has 0 atom stereocenters. The molecule has 0 bridgehead atoms. The fourth-order valence-corrected chi connectivity index (χ4v) is 2.10. The molecule has 17 heavy (non-hydrogen) atoms. The van der Waals surface area contributed by atoms with Crippen LogP contribution in [0.25, 0.3) is 0 Å². The normalized spacial score (nSPS) is 24.9. The van der Waals surface area contributed by atoms with Crippen molar-refractivity contribution in [2.75, 3.05) is 0 Å². The number of halogens is 2. The predicted octanol–water partition coefficient (Wildman–Crippen LogP) is 2.75. The van der Waals surface area contributed by atoms with Gasteiger partial charge >= 0.3 is 0 Å². The summed E-state index contributed by atoms with van der Waals surface area (Å²) < 4.78 is 31.6. The number of hydrogen-bond donors (Lipinski definition) is 1. The molecule has 0 aliphatic heterocycles. The van der Waals surface area contributed by atoms with E-state index in [4.69, 9.17) is 10.5 Å². The lowest BCUT2D eigenvalue weighted by Crippen LogP contribution is -2.30. The number of nitrogens with two attached hydrogens (primary N) is 1. The number of benzene rings is 1. The van der Waals surface area contributed by atoms with Gasteiger partial charge in [0.1, 0.15) is 11.6 Å². The zero-order valence-corrected chi connectivity index (χ0v) is 9.66. The molecule has 2 N–H and O–H groups in total. The molecule has 4 heteroatoms. The molecule has 1 aromatic rings. The van der Waals surface area contributed by atoms with Gasteiger partial charge in [-0.3, -0.25) is 0 Å². The first-order chi connectivity index (χ1) is 8.15. The first-order valence-corrected chi connectivity index (χ1v) is 5.96. The highest BCUT2D eigenvalue weighted by atomic mass is 19.1. The highest BCUT2D eigenvalue weighted by Crippen LogP contribution is 2.21. The van der Waals surface area contributed by atoms with Crippen molar-refractivity contribution in [1.82, 2.24) is 0 Å². The summed E-state index contributed by atoms with van der Waals surface area (Å²) in [6.07, 6.45) is 3.90. The summed E-state index contributed by atoms with van der Waals surface area (Å²) >= 11 is 0. The average Bonchev–Trinajstić information content (AvgIpc) is 2.30. The van der Waals surface area contributed by atoms with E-state index >= 15 is 0 Å². The first-order valence-electron chi connectivity index (χ1n) is 5.96. The SMILES string of the molecule is NC1CCC(OCc2ccc(F)cc2F)CC1. The van der Waals surface area contributed by atoms with E-state index in [0.29, 0.717) is 5.56 Å². The number of ether oxygens (including phenoxy) is 1. The molecule has 0 amide bonds. The van der Waals surface area contributed by atoms with Crippen LogP contribution in [0.15, 0.2) is 18.2 Å². The van der Waals surface area contributed by atoms with E-state index in [0.717, 1.165) is 31.7 Å². The molecule has 1 fully saturated rings. The molecule has 1 saturated carbocycles. The van der Waals surface area contributed by atoms with Crippen LogP contribution in [0.3, 0.4) is 0 Å². The lowest BCUT2D eigenvalue weighted by Gasteiger charge is -2.26. The van der Waals surface area contributed by atoms with Crippen LogP contribution in [-0.4, -0.2) is 12.1 Å². The monoisotopic (exact) mass is 241 g/mol. The quantitative estimate of drug-likeness (QED) is 0.883. The van der Waals surface area contributed by atoms with Gasteiger partial charge in [-0.05, 0) is 31.7 Å². The minimum Gasteiger partial charge on any atom is -0.373 e. The van der Waals surface area contributed by atoms with E-state index in [-0.39, 0.29) is 18.8 Å². The first kappa shape index (κ1) is 12.5. The van der Waals surface area contributed by atoms with E-state index in [1.807, 2.05) is 0 Å². The Morgan fingerprint density at radius 3 is 2.53 bits per heavy atom. The molecule has 0 radical (unpaired) electrons. The third-order valence-electron chi connectivity index (χ3n) is 3.21. The van der Waals surface area contributed by atoms with Crippen molar-refractivity contribution in [3.63, 3.8) is 0 Å². The van der Waals surface area contributed by atoms with Crippen LogP contribution in [0.5, 0.6) is 0 Å². The summed E-state index contributed by atoms with van der Waals surface area (Å²) in [5.41, 5.74) is 6.19. The molecule has 0 aromatic heterocycles. The Morgan fingerprint density at radius 1 is 1.18 bits per heavy atom. The standard InChI is InChI=1S/C13H17F2NO/c14-10-2-1-9(13(15)7-10)8-17-12-5-3-11(16)4-6-12/h1-2,7,11-12H,3-6,8,16H2. The Bertz CT molecular complexity index is 376. The highest BCUT2D eigenvalue weighted by Gasteiger charge is 2.19. The zero-order chi connectivity index (χ0) is 12.3. The second-order valence-corrected chi connectivity index (χ2v) is 4.58. The molecule has 2 rings (SSSR count). The molecule has 0 spiro atoms. The maximum absolute atomic E-state index is 13.3. The van der Waals surface area contributed by atoms with E-state index in [1.54, 1.807) is 0 Å². The average molecular weight is 241 g/mol. The Labute approximate surface area is 99.8 Å². The van der Waals surface area contributed by atoms with Gasteiger partial charge in [-0.2, -0.15) is 0 Å². The summed E-state index contributed by atoms with van der Waals surface area (Å²) in [5, 5.41) is 0. The molecular weight excluding hydrogens is 224 g/mol. The topological polar surface area (TPSA) is 35.2 Å². The molecule has 0 saturated heterocycles. The highest BCUT2D eigenvalue weighted by molar-refractivity contribution is 5.17. The van der Waals surface area contributed by atoms with Crippen molar-refractivity contribution in [3.8, 4) is 0 Å². The Kier molecular flexibility index (Phi) is 4.07. The summed E-state index contributed by atoms with van der Waals surface area (Å²) in [6.45, 7) is 0.200. The van der Waals surface area contributed by atoms with E-state index in [1.165, 1.54) is 12.1 Å². The van der Waals surface area contributed by atoms with Crippen LogP contribution in [0.2, 0.25) is 0 Å². The molecule has 2 nitrogen and oxygen atoms in total. The van der Waals surface area contributed by atoms with Crippen molar-refractivity contribution >= 4 is 0 Å². The minimum absolute atomic E-state index is 0.152. The van der Waals surface area contributed by atoms with Crippen molar-refractivity contribution in [2.24, 2.45) is 5.73 Å². The summed E-state index contributed by atoms with van der Waals surface area (Å²) in [5.74, 6) is -1.10. The van der Waals surface area contributed by atoms with Gasteiger partial charge in [0, 0.05) is 17.7 Å². The Morgan fingerprint density at radius 2 is 1.88 bits per heavy atom. The molecule has 0 heterocycles. The van der Waals surface area contributed by atoms with Gasteiger partial charge in [-0.1, -0.05) is 6.07 Å². The molecule has 94 valence electrons. The molecule has 1 aliphatic rings. The van der Waals surface area contributed by atoms with Crippen LogP contribution in [0, 0.1) is 11.6 Å². The summed E-state index contributed by atoms with van der Waals surface area (Å²) in [6, 6.07) is 3.84. The summed E-state index contributed by atoms with van der Waals surface area (Å²) in [7, 11) is 0. The Balaban J connectivity index is 1.85. The van der Waals surface area contributed by atoms with Crippen LogP contribution in [-0.2, 0) is 11.3 Å². The number of rotatable bonds is 3. The van der Waals surface area contributed by atoms with Gasteiger partial charge in [0.25, 0.3) is 0 Å². The fraction of sp³-hybridized carbons (Fsp3) is 0.538. The molecule has 1 aliphatic carbocycles. The van der Waals surface area contributed by atoms with Gasteiger partial charge in [-0.15, -0.1) is 0 Å². The third-order valence-corrected chi connectivity index (χ3v) is 3.21. The van der Waals surface area contributed by atoms with Crippen LogP contribution in [0.1, 0.15) is 31.2 Å². The predicted molar refractivity (Wildman–Crippen MR) is 61.4 cm³/mol. The molecule has 0 unspecified atom stereocenters. The van der Waals surface area contributed by atoms with Crippen molar-refractivity contribution in [2.45, 2.75) is 44.4 Å².